The summed E-state index contributed by atoms with van der Waals surface area (Å²) < 4.78 is 28.4. The number of nitro benzene ring substituents is 1. The Labute approximate surface area is 154 Å². The maximum atomic E-state index is 14.5. The van der Waals surface area contributed by atoms with Crippen molar-refractivity contribution in [1.29, 1.82) is 0 Å². The first-order chi connectivity index (χ1) is 12.3. The van der Waals surface area contributed by atoms with Gasteiger partial charge in [0, 0.05) is 31.5 Å². The highest BCUT2D eigenvalue weighted by Gasteiger charge is 2.45. The van der Waals surface area contributed by atoms with Crippen molar-refractivity contribution in [2.75, 3.05) is 11.8 Å². The molecule has 1 unspecified atom stereocenters. The number of ether oxygens (including phenoxy) is 1. The van der Waals surface area contributed by atoms with E-state index >= 15 is 0 Å². The molecule has 0 bridgehead atoms. The molecule has 1 fully saturated rings. The summed E-state index contributed by atoms with van der Waals surface area (Å²) in [4.78, 5) is 10.2. The van der Waals surface area contributed by atoms with Gasteiger partial charge in [0.05, 0.1) is 20.7 Å². The highest BCUT2D eigenvalue weighted by Crippen LogP contribution is 2.52. The van der Waals surface area contributed by atoms with Gasteiger partial charge in [0.15, 0.2) is 5.75 Å². The number of hydrogen-bond donors (Lipinski definition) is 1. The summed E-state index contributed by atoms with van der Waals surface area (Å²) in [5, 5.41) is 13.7. The Balaban J connectivity index is 1.73. The highest BCUT2D eigenvalue weighted by molar-refractivity contribution is 6.37. The number of halogens is 3. The predicted molar refractivity (Wildman–Crippen MR) is 93.6 cm³/mol. The van der Waals surface area contributed by atoms with Gasteiger partial charge in [-0.2, -0.15) is 0 Å². The van der Waals surface area contributed by atoms with E-state index in [-0.39, 0.29) is 27.2 Å². The fourth-order valence-electron chi connectivity index (χ4n) is 3.31. The first kappa shape index (κ1) is 15.2. The van der Waals surface area contributed by atoms with Gasteiger partial charge >= 0.3 is 0 Å². The lowest BCUT2D eigenvalue weighted by Gasteiger charge is -2.38. The van der Waals surface area contributed by atoms with Gasteiger partial charge in [-0.05, 0) is 24.5 Å². The Hall–Kier alpha value is -2.05. The van der Waals surface area contributed by atoms with Crippen LogP contribution < -0.4 is 10.1 Å². The molecule has 1 saturated carbocycles. The molecule has 2 aliphatic rings. The lowest BCUT2D eigenvalue weighted by atomic mass is 9.66. The van der Waals surface area contributed by atoms with Gasteiger partial charge in [0.1, 0.15) is 11.6 Å². The summed E-state index contributed by atoms with van der Waals surface area (Å²) in [6, 6.07) is 5.13. The minimum absolute atomic E-state index is 0.0225. The molecule has 5 nitrogen and oxygen atoms in total. The van der Waals surface area contributed by atoms with Crippen LogP contribution in [0.5, 0.6) is 11.5 Å². The van der Waals surface area contributed by atoms with Crippen molar-refractivity contribution < 1.29 is 15.4 Å². The molecule has 1 aliphatic carbocycles. The summed E-state index contributed by atoms with van der Waals surface area (Å²) in [7, 11) is 0. The van der Waals surface area contributed by atoms with Crippen LogP contribution in [0.3, 0.4) is 0 Å². The van der Waals surface area contributed by atoms with Crippen LogP contribution in [0.1, 0.15) is 26.2 Å². The van der Waals surface area contributed by atoms with E-state index in [1.54, 1.807) is 6.07 Å². The quantitative estimate of drug-likeness (QED) is 0.546. The van der Waals surface area contributed by atoms with Crippen LogP contribution in [0.4, 0.5) is 15.8 Å². The summed E-state index contributed by atoms with van der Waals surface area (Å²) in [6.45, 7) is -0.595. The van der Waals surface area contributed by atoms with Gasteiger partial charge in [0.25, 0.3) is 5.69 Å². The highest BCUT2D eigenvalue weighted by atomic mass is 35.5. The van der Waals surface area contributed by atoms with Crippen LogP contribution in [-0.2, 0) is 5.41 Å². The van der Waals surface area contributed by atoms with Crippen molar-refractivity contribution >= 4 is 34.6 Å². The Morgan fingerprint density at radius 3 is 2.52 bits per heavy atom. The molecule has 130 valence electrons. The second-order valence-corrected chi connectivity index (χ2v) is 7.04. The van der Waals surface area contributed by atoms with Crippen LogP contribution in [0, 0.1) is 15.9 Å². The molecule has 2 aromatic rings. The Morgan fingerprint density at radius 2 is 1.96 bits per heavy atom. The number of fused-ring (bicyclic) bond motifs is 2. The monoisotopic (exact) mass is 383 g/mol. The number of nitro groups is 1. The lowest BCUT2D eigenvalue weighted by molar-refractivity contribution is -0.384. The fourth-order valence-corrected chi connectivity index (χ4v) is 3.86. The Kier molecular flexibility index (Phi) is 3.50. The summed E-state index contributed by atoms with van der Waals surface area (Å²) >= 11 is 12.1. The summed E-state index contributed by atoms with van der Waals surface area (Å²) in [5.41, 5.74) is 0.381. The number of non-ortho nitro benzene ring substituents is 1. The zero-order valence-electron chi connectivity index (χ0n) is 13.8. The van der Waals surface area contributed by atoms with Crippen molar-refractivity contribution in [3.05, 3.63) is 55.8 Å². The number of nitrogens with zero attached hydrogens (tertiary/aromatic N) is 1. The largest absolute Gasteiger partial charge is 0.454 e. The normalized spacial score (nSPS) is 20.4. The molecule has 0 amide bonds. The van der Waals surface area contributed by atoms with E-state index in [1.165, 1.54) is 6.07 Å². The maximum absolute atomic E-state index is 14.5. The first-order valence-electron chi connectivity index (χ1n) is 8.24. The molecule has 4 rings (SSSR count). The molecule has 2 aromatic carbocycles. The van der Waals surface area contributed by atoms with Crippen molar-refractivity contribution in [3.63, 3.8) is 0 Å². The number of nitrogens with one attached hydrogen (secondary N) is 1. The zero-order chi connectivity index (χ0) is 18.6. The van der Waals surface area contributed by atoms with E-state index in [1.807, 2.05) is 0 Å². The Bertz CT molecular complexity index is 913. The van der Waals surface area contributed by atoms with Gasteiger partial charge in [-0.15, -0.1) is 0 Å². The van der Waals surface area contributed by atoms with E-state index in [9.17, 15) is 14.5 Å². The minimum atomic E-state index is -0.614. The minimum Gasteiger partial charge on any atom is -0.454 e. The SMILES string of the molecule is [2H]C1Nc2c(F)cc(Oc3c(Cl)cc([N+](=O)[O-])cc3Cl)cc2C12CCC2. The molecule has 25 heavy (non-hydrogen) atoms. The molecule has 0 saturated heterocycles. The van der Waals surface area contributed by atoms with Crippen LogP contribution in [-0.4, -0.2) is 11.4 Å². The topological polar surface area (TPSA) is 64.4 Å². The van der Waals surface area contributed by atoms with Crippen molar-refractivity contribution in [1.82, 2.24) is 0 Å². The number of rotatable bonds is 3. The molecule has 8 heteroatoms. The van der Waals surface area contributed by atoms with Gasteiger partial charge < -0.3 is 10.1 Å². The van der Waals surface area contributed by atoms with E-state index in [0.717, 1.165) is 31.4 Å². The third kappa shape index (κ3) is 2.60. The van der Waals surface area contributed by atoms with E-state index in [0.29, 0.717) is 11.3 Å². The first-order valence-corrected chi connectivity index (χ1v) is 8.41. The molecular weight excluding hydrogens is 370 g/mol. The average molecular weight is 384 g/mol. The number of anilines is 1. The van der Waals surface area contributed by atoms with Gasteiger partial charge in [-0.1, -0.05) is 29.6 Å². The smallest absolute Gasteiger partial charge is 0.272 e. The third-order valence-corrected chi connectivity index (χ3v) is 5.31. The second-order valence-electron chi connectivity index (χ2n) is 6.22. The molecule has 1 N–H and O–H groups in total. The van der Waals surface area contributed by atoms with E-state index in [4.69, 9.17) is 29.3 Å². The zero-order valence-corrected chi connectivity index (χ0v) is 14.3. The van der Waals surface area contributed by atoms with Crippen molar-refractivity contribution in [2.24, 2.45) is 0 Å². The van der Waals surface area contributed by atoms with Crippen molar-refractivity contribution in [2.45, 2.75) is 24.7 Å². The van der Waals surface area contributed by atoms with E-state index < -0.39 is 22.7 Å². The van der Waals surface area contributed by atoms with E-state index in [2.05, 4.69) is 5.32 Å². The third-order valence-electron chi connectivity index (χ3n) is 4.75. The number of benzene rings is 2. The van der Waals surface area contributed by atoms with Gasteiger partial charge in [-0.25, -0.2) is 4.39 Å². The van der Waals surface area contributed by atoms with Crippen LogP contribution in [0.15, 0.2) is 24.3 Å². The number of hydrogen-bond acceptors (Lipinski definition) is 4. The maximum Gasteiger partial charge on any atom is 0.272 e. The van der Waals surface area contributed by atoms with Gasteiger partial charge in [-0.3, -0.25) is 10.1 Å². The Morgan fingerprint density at radius 1 is 1.28 bits per heavy atom. The summed E-state index contributed by atoms with van der Waals surface area (Å²) in [5.74, 6) is -0.317. The van der Waals surface area contributed by atoms with Gasteiger partial charge in [0.2, 0.25) is 0 Å². The average Bonchev–Trinajstić information content (AvgIpc) is 2.83. The fraction of sp³-hybridized carbons (Fsp3) is 0.294. The van der Waals surface area contributed by atoms with Crippen LogP contribution in [0.2, 0.25) is 10.0 Å². The lowest BCUT2D eigenvalue weighted by Crippen LogP contribution is -2.35. The van der Waals surface area contributed by atoms with Crippen molar-refractivity contribution in [3.8, 4) is 11.5 Å². The molecule has 0 radical (unpaired) electrons. The molecule has 1 heterocycles. The van der Waals surface area contributed by atoms with Crippen LogP contribution in [0.25, 0.3) is 0 Å². The molecular formula is C17H13Cl2FN2O3. The standard InChI is InChI=1S/C17H13Cl2FN2O3/c18-12-4-9(22(23)24)5-13(19)16(12)25-10-6-11-15(14(20)7-10)21-8-17(11)2-1-3-17/h4-7,21H,1-3,8H2/i8D. The molecule has 1 atom stereocenters. The predicted octanol–water partition coefficient (Wildman–Crippen LogP) is 5.68. The molecule has 1 spiro atoms. The molecule has 1 aliphatic heterocycles. The summed E-state index contributed by atoms with van der Waals surface area (Å²) in [6.07, 6.45) is 2.61. The molecule has 0 aromatic heterocycles. The van der Waals surface area contributed by atoms with Crippen LogP contribution >= 0.6 is 23.2 Å². The second kappa shape index (κ2) is 5.75.